The first-order valence-electron chi connectivity index (χ1n) is 8.01. The molecule has 0 N–H and O–H groups in total. The zero-order valence-corrected chi connectivity index (χ0v) is 16.0. The van der Waals surface area contributed by atoms with Gasteiger partial charge in [0.15, 0.2) is 0 Å². The maximum atomic E-state index is 12.5. The summed E-state index contributed by atoms with van der Waals surface area (Å²) in [5.41, 5.74) is 0.378. The van der Waals surface area contributed by atoms with Crippen LogP contribution in [-0.2, 0) is 11.3 Å². The number of hydrogen-bond donors (Lipinski definition) is 0. The summed E-state index contributed by atoms with van der Waals surface area (Å²) < 4.78 is 0. The van der Waals surface area contributed by atoms with Crippen LogP contribution in [0.15, 0.2) is 36.4 Å². The quantitative estimate of drug-likeness (QED) is 0.419. The predicted octanol–water partition coefficient (Wildman–Crippen LogP) is 3.16. The smallest absolute Gasteiger partial charge is 0.270 e. The molecule has 0 aromatic heterocycles. The van der Waals surface area contributed by atoms with E-state index >= 15 is 0 Å². The Bertz CT molecular complexity index is 1020. The third-order valence-corrected chi connectivity index (χ3v) is 5.03. The average molecular weight is 422 g/mol. The molecular formula is C18H13Cl2N3O5. The first-order valence-corrected chi connectivity index (χ1v) is 8.77. The van der Waals surface area contributed by atoms with Crippen molar-refractivity contribution in [3.8, 4) is 0 Å². The van der Waals surface area contributed by atoms with Crippen molar-refractivity contribution in [2.75, 3.05) is 13.6 Å². The summed E-state index contributed by atoms with van der Waals surface area (Å²) in [6, 6.07) is 8.34. The molecule has 144 valence electrons. The van der Waals surface area contributed by atoms with Crippen LogP contribution in [-0.4, -0.2) is 46.0 Å². The number of carbonyl (C=O) groups is 3. The summed E-state index contributed by atoms with van der Waals surface area (Å²) in [6.07, 6.45) is 0. The second-order valence-electron chi connectivity index (χ2n) is 6.18. The number of rotatable bonds is 5. The number of non-ortho nitro benzene ring substituents is 1. The highest BCUT2D eigenvalue weighted by molar-refractivity contribution is 6.42. The first-order chi connectivity index (χ1) is 13.2. The van der Waals surface area contributed by atoms with E-state index in [1.807, 2.05) is 0 Å². The monoisotopic (exact) mass is 421 g/mol. The lowest BCUT2D eigenvalue weighted by Gasteiger charge is -2.21. The molecule has 28 heavy (non-hydrogen) atoms. The van der Waals surface area contributed by atoms with Crippen LogP contribution in [0, 0.1) is 10.1 Å². The van der Waals surface area contributed by atoms with E-state index in [2.05, 4.69) is 0 Å². The summed E-state index contributed by atoms with van der Waals surface area (Å²) in [7, 11) is 1.52. The van der Waals surface area contributed by atoms with Gasteiger partial charge in [-0.05, 0) is 23.8 Å². The van der Waals surface area contributed by atoms with Crippen molar-refractivity contribution in [1.29, 1.82) is 0 Å². The zero-order chi connectivity index (χ0) is 20.6. The number of hydrogen-bond acceptors (Lipinski definition) is 5. The van der Waals surface area contributed by atoms with Crippen molar-refractivity contribution < 1.29 is 19.3 Å². The van der Waals surface area contributed by atoms with Crippen molar-refractivity contribution >= 4 is 46.6 Å². The number of amides is 3. The Morgan fingerprint density at radius 1 is 1.07 bits per heavy atom. The standard InChI is InChI=1S/C18H13Cl2N3O5/c1-21(8-10-2-5-14(19)15(20)6-10)16(24)9-22-17(25)12-4-3-11(23(27)28)7-13(12)18(22)26/h2-7H,8-9H2,1H3. The third-order valence-electron chi connectivity index (χ3n) is 4.29. The molecular weight excluding hydrogens is 409 g/mol. The highest BCUT2D eigenvalue weighted by Gasteiger charge is 2.38. The topological polar surface area (TPSA) is 101 Å². The van der Waals surface area contributed by atoms with Gasteiger partial charge in [0.1, 0.15) is 6.54 Å². The van der Waals surface area contributed by atoms with E-state index in [1.54, 1.807) is 18.2 Å². The fourth-order valence-corrected chi connectivity index (χ4v) is 3.11. The molecule has 0 bridgehead atoms. The van der Waals surface area contributed by atoms with Crippen molar-refractivity contribution in [3.63, 3.8) is 0 Å². The van der Waals surface area contributed by atoms with Crippen LogP contribution in [0.1, 0.15) is 26.3 Å². The lowest BCUT2D eigenvalue weighted by molar-refractivity contribution is -0.384. The maximum absolute atomic E-state index is 12.5. The van der Waals surface area contributed by atoms with Crippen LogP contribution in [0.4, 0.5) is 5.69 Å². The Balaban J connectivity index is 1.73. The van der Waals surface area contributed by atoms with Crippen molar-refractivity contribution in [2.45, 2.75) is 6.54 Å². The van der Waals surface area contributed by atoms with Crippen LogP contribution in [0.3, 0.4) is 0 Å². The van der Waals surface area contributed by atoms with Gasteiger partial charge in [0.05, 0.1) is 26.1 Å². The summed E-state index contributed by atoms with van der Waals surface area (Å²) in [4.78, 5) is 49.7. The van der Waals surface area contributed by atoms with Gasteiger partial charge in [-0.15, -0.1) is 0 Å². The Hall–Kier alpha value is -2.97. The number of benzene rings is 2. The fraction of sp³-hybridized carbons (Fsp3) is 0.167. The van der Waals surface area contributed by atoms with E-state index in [1.165, 1.54) is 18.0 Å². The third kappa shape index (κ3) is 3.69. The van der Waals surface area contributed by atoms with Gasteiger partial charge in [-0.25, -0.2) is 0 Å². The second-order valence-corrected chi connectivity index (χ2v) is 7.00. The largest absolute Gasteiger partial charge is 0.340 e. The molecule has 0 spiro atoms. The number of nitrogens with zero attached hydrogens (tertiary/aromatic N) is 3. The lowest BCUT2D eigenvalue weighted by Crippen LogP contribution is -2.40. The molecule has 0 radical (unpaired) electrons. The minimum Gasteiger partial charge on any atom is -0.340 e. The van der Waals surface area contributed by atoms with Crippen LogP contribution in [0.2, 0.25) is 10.0 Å². The molecule has 0 fully saturated rings. The molecule has 10 heteroatoms. The van der Waals surface area contributed by atoms with Crippen LogP contribution in [0.5, 0.6) is 0 Å². The van der Waals surface area contributed by atoms with E-state index in [-0.39, 0.29) is 23.4 Å². The first kappa shape index (κ1) is 19.8. The Kier molecular flexibility index (Phi) is 5.35. The molecule has 0 atom stereocenters. The van der Waals surface area contributed by atoms with Crippen molar-refractivity contribution in [3.05, 3.63) is 73.2 Å². The summed E-state index contributed by atoms with van der Waals surface area (Å²) >= 11 is 11.8. The van der Waals surface area contributed by atoms with Crippen molar-refractivity contribution in [1.82, 2.24) is 9.80 Å². The number of halogens is 2. The van der Waals surface area contributed by atoms with Gasteiger partial charge in [-0.2, -0.15) is 0 Å². The minimum atomic E-state index is -0.736. The second kappa shape index (κ2) is 7.57. The Morgan fingerprint density at radius 3 is 2.39 bits per heavy atom. The number of nitro benzene ring substituents is 1. The fourth-order valence-electron chi connectivity index (χ4n) is 2.79. The van der Waals surface area contributed by atoms with Gasteiger partial charge in [0.2, 0.25) is 5.91 Å². The summed E-state index contributed by atoms with van der Waals surface area (Å²) in [6.45, 7) is -0.275. The molecule has 3 rings (SSSR count). The van der Waals surface area contributed by atoms with E-state index in [0.717, 1.165) is 22.6 Å². The van der Waals surface area contributed by atoms with E-state index in [9.17, 15) is 24.5 Å². The summed E-state index contributed by atoms with van der Waals surface area (Å²) in [5.74, 6) is -1.87. The number of fused-ring (bicyclic) bond motifs is 1. The molecule has 2 aromatic carbocycles. The SMILES string of the molecule is CN(Cc1ccc(Cl)c(Cl)c1)C(=O)CN1C(=O)c2ccc([N+](=O)[O-])cc2C1=O. The average Bonchev–Trinajstić information content (AvgIpc) is 2.89. The van der Waals surface area contributed by atoms with Gasteiger partial charge in [0, 0.05) is 25.7 Å². The number of likely N-dealkylation sites (N-methyl/N-ethyl adjacent to an activating group) is 1. The van der Waals surface area contributed by atoms with Gasteiger partial charge >= 0.3 is 0 Å². The minimum absolute atomic E-state index is 0.0375. The van der Waals surface area contributed by atoms with Crippen LogP contribution < -0.4 is 0 Å². The highest BCUT2D eigenvalue weighted by Crippen LogP contribution is 2.27. The molecule has 2 aromatic rings. The summed E-state index contributed by atoms with van der Waals surface area (Å²) in [5, 5.41) is 11.6. The number of imide groups is 1. The maximum Gasteiger partial charge on any atom is 0.270 e. The van der Waals surface area contributed by atoms with Gasteiger partial charge in [-0.1, -0.05) is 29.3 Å². The molecule has 0 unspecified atom stereocenters. The highest BCUT2D eigenvalue weighted by atomic mass is 35.5. The van der Waals surface area contributed by atoms with Gasteiger partial charge in [0.25, 0.3) is 17.5 Å². The van der Waals surface area contributed by atoms with Gasteiger partial charge < -0.3 is 4.90 Å². The molecule has 1 aliphatic heterocycles. The lowest BCUT2D eigenvalue weighted by atomic mass is 10.1. The molecule has 1 heterocycles. The molecule has 0 aliphatic carbocycles. The predicted molar refractivity (Wildman–Crippen MR) is 101 cm³/mol. The number of nitro groups is 1. The Morgan fingerprint density at radius 2 is 1.75 bits per heavy atom. The van der Waals surface area contributed by atoms with E-state index < -0.39 is 29.2 Å². The molecule has 1 aliphatic rings. The zero-order valence-electron chi connectivity index (χ0n) is 14.5. The van der Waals surface area contributed by atoms with Gasteiger partial charge in [-0.3, -0.25) is 29.4 Å². The Labute approximate surface area is 169 Å². The van der Waals surface area contributed by atoms with E-state index in [0.29, 0.717) is 10.0 Å². The molecule has 8 nitrogen and oxygen atoms in total. The molecule has 3 amide bonds. The van der Waals surface area contributed by atoms with E-state index in [4.69, 9.17) is 23.2 Å². The van der Waals surface area contributed by atoms with Crippen molar-refractivity contribution in [2.24, 2.45) is 0 Å². The molecule has 0 saturated carbocycles. The van der Waals surface area contributed by atoms with Crippen LogP contribution in [0.25, 0.3) is 0 Å². The van der Waals surface area contributed by atoms with Crippen LogP contribution >= 0.6 is 23.2 Å². The normalized spacial score (nSPS) is 12.9. The molecule has 0 saturated heterocycles. The number of carbonyl (C=O) groups excluding carboxylic acids is 3.